The van der Waals surface area contributed by atoms with E-state index < -0.39 is 0 Å². The minimum absolute atomic E-state index is 0.801. The molecule has 1 aromatic rings. The van der Waals surface area contributed by atoms with Gasteiger partial charge in [-0.25, -0.2) is 9.97 Å². The lowest BCUT2D eigenvalue weighted by Crippen LogP contribution is -2.21. The molecule has 21 heavy (non-hydrogen) atoms. The smallest absolute Gasteiger partial charge is 0.131 e. The van der Waals surface area contributed by atoms with E-state index in [-0.39, 0.29) is 0 Å². The summed E-state index contributed by atoms with van der Waals surface area (Å²) in [5.74, 6) is 4.48. The van der Waals surface area contributed by atoms with Crippen molar-refractivity contribution in [1.82, 2.24) is 9.97 Å². The zero-order chi connectivity index (χ0) is 15.1. The predicted molar refractivity (Wildman–Crippen MR) is 89.8 cm³/mol. The number of aryl methyl sites for hydroxylation is 1. The number of hydrogen-bond donors (Lipinski definition) is 2. The number of rotatable bonds is 7. The average molecular weight is 290 g/mol. The van der Waals surface area contributed by atoms with Crippen molar-refractivity contribution in [1.29, 1.82) is 0 Å². The molecule has 0 spiro atoms. The van der Waals surface area contributed by atoms with Gasteiger partial charge in [0.05, 0.1) is 0 Å². The molecule has 1 aromatic heterocycles. The standard InChI is InChI=1S/C17H30N4/c1-4-10-18-16-11-17(21-13(3)20-16)19-12-15-8-6-14(5-2)7-9-15/h11,14-15H,4-10,12H2,1-3H3,(H2,18,19,20,21). The van der Waals surface area contributed by atoms with Crippen molar-refractivity contribution in [2.45, 2.75) is 59.3 Å². The fourth-order valence-electron chi connectivity index (χ4n) is 3.09. The fraction of sp³-hybridized carbons (Fsp3) is 0.765. The first-order chi connectivity index (χ1) is 10.2. The lowest BCUT2D eigenvalue weighted by molar-refractivity contribution is 0.278. The highest BCUT2D eigenvalue weighted by Gasteiger charge is 2.19. The molecule has 2 N–H and O–H groups in total. The van der Waals surface area contributed by atoms with Gasteiger partial charge in [0.25, 0.3) is 0 Å². The summed E-state index contributed by atoms with van der Waals surface area (Å²) in [5.41, 5.74) is 0. The largest absolute Gasteiger partial charge is 0.370 e. The Morgan fingerprint density at radius 1 is 1.00 bits per heavy atom. The van der Waals surface area contributed by atoms with E-state index in [0.717, 1.165) is 48.8 Å². The first-order valence-electron chi connectivity index (χ1n) is 8.54. The Kier molecular flexibility index (Phi) is 6.27. The van der Waals surface area contributed by atoms with E-state index in [9.17, 15) is 0 Å². The van der Waals surface area contributed by atoms with Gasteiger partial charge in [0.15, 0.2) is 0 Å². The summed E-state index contributed by atoms with van der Waals surface area (Å²) in [5, 5.41) is 6.85. The third-order valence-electron chi connectivity index (χ3n) is 4.51. The number of nitrogens with one attached hydrogen (secondary N) is 2. The number of anilines is 2. The van der Waals surface area contributed by atoms with Gasteiger partial charge in [-0.1, -0.05) is 33.1 Å². The summed E-state index contributed by atoms with van der Waals surface area (Å²) in [6.07, 6.45) is 7.96. The Bertz CT molecular complexity index is 425. The van der Waals surface area contributed by atoms with Crippen LogP contribution in [0.2, 0.25) is 0 Å². The van der Waals surface area contributed by atoms with Crippen LogP contribution in [0.15, 0.2) is 6.07 Å². The Morgan fingerprint density at radius 3 is 2.24 bits per heavy atom. The molecule has 0 atom stereocenters. The summed E-state index contributed by atoms with van der Waals surface area (Å²) in [6.45, 7) is 8.43. The van der Waals surface area contributed by atoms with Gasteiger partial charge >= 0.3 is 0 Å². The van der Waals surface area contributed by atoms with Crippen molar-refractivity contribution < 1.29 is 0 Å². The fourth-order valence-corrected chi connectivity index (χ4v) is 3.09. The normalized spacial score (nSPS) is 22.0. The molecule has 1 heterocycles. The van der Waals surface area contributed by atoms with E-state index in [2.05, 4.69) is 34.4 Å². The van der Waals surface area contributed by atoms with Crippen LogP contribution in [0.1, 0.15) is 58.2 Å². The quantitative estimate of drug-likeness (QED) is 0.789. The molecule has 0 amide bonds. The number of nitrogens with zero attached hydrogens (tertiary/aromatic N) is 2. The molecule has 0 bridgehead atoms. The molecule has 1 aliphatic rings. The van der Waals surface area contributed by atoms with Crippen molar-refractivity contribution in [2.24, 2.45) is 11.8 Å². The third-order valence-corrected chi connectivity index (χ3v) is 4.51. The molecule has 1 fully saturated rings. The topological polar surface area (TPSA) is 49.8 Å². The highest BCUT2D eigenvalue weighted by molar-refractivity contribution is 5.47. The Morgan fingerprint density at radius 2 is 1.62 bits per heavy atom. The molecule has 4 heteroatoms. The number of hydrogen-bond acceptors (Lipinski definition) is 4. The van der Waals surface area contributed by atoms with Crippen LogP contribution in [0.4, 0.5) is 11.6 Å². The van der Waals surface area contributed by atoms with Crippen LogP contribution in [-0.2, 0) is 0 Å². The molecule has 1 aliphatic carbocycles. The second-order valence-electron chi connectivity index (χ2n) is 6.29. The Labute approximate surface area is 129 Å². The van der Waals surface area contributed by atoms with Gasteiger partial charge < -0.3 is 10.6 Å². The van der Waals surface area contributed by atoms with Gasteiger partial charge in [0, 0.05) is 19.2 Å². The van der Waals surface area contributed by atoms with Crippen LogP contribution in [0.3, 0.4) is 0 Å². The summed E-state index contributed by atoms with van der Waals surface area (Å²) in [4.78, 5) is 8.92. The highest BCUT2D eigenvalue weighted by atomic mass is 15.1. The minimum atomic E-state index is 0.801. The van der Waals surface area contributed by atoms with E-state index in [1.165, 1.54) is 32.1 Å². The molecular formula is C17H30N4. The average Bonchev–Trinajstić information content (AvgIpc) is 2.51. The summed E-state index contributed by atoms with van der Waals surface area (Å²) in [6, 6.07) is 2.03. The minimum Gasteiger partial charge on any atom is -0.370 e. The summed E-state index contributed by atoms with van der Waals surface area (Å²) >= 11 is 0. The number of aromatic nitrogens is 2. The van der Waals surface area contributed by atoms with Gasteiger partial charge in [-0.3, -0.25) is 0 Å². The summed E-state index contributed by atoms with van der Waals surface area (Å²) < 4.78 is 0. The van der Waals surface area contributed by atoms with Crippen molar-refractivity contribution in [2.75, 3.05) is 23.7 Å². The SMILES string of the molecule is CCCNc1cc(NCC2CCC(CC)CC2)nc(C)n1. The van der Waals surface area contributed by atoms with E-state index in [1.807, 2.05) is 13.0 Å². The summed E-state index contributed by atoms with van der Waals surface area (Å²) in [7, 11) is 0. The zero-order valence-electron chi connectivity index (χ0n) is 13.8. The monoisotopic (exact) mass is 290 g/mol. The Hall–Kier alpha value is -1.32. The molecular weight excluding hydrogens is 260 g/mol. The maximum atomic E-state index is 4.50. The van der Waals surface area contributed by atoms with Gasteiger partial charge in [-0.2, -0.15) is 0 Å². The van der Waals surface area contributed by atoms with Crippen molar-refractivity contribution in [3.8, 4) is 0 Å². The lowest BCUT2D eigenvalue weighted by Gasteiger charge is -2.28. The molecule has 118 valence electrons. The molecule has 2 rings (SSSR count). The van der Waals surface area contributed by atoms with Crippen LogP contribution in [-0.4, -0.2) is 23.1 Å². The maximum absolute atomic E-state index is 4.50. The van der Waals surface area contributed by atoms with Crippen molar-refractivity contribution in [3.63, 3.8) is 0 Å². The first-order valence-corrected chi connectivity index (χ1v) is 8.54. The van der Waals surface area contributed by atoms with Crippen molar-refractivity contribution >= 4 is 11.6 Å². The van der Waals surface area contributed by atoms with Crippen LogP contribution < -0.4 is 10.6 Å². The van der Waals surface area contributed by atoms with Crippen LogP contribution in [0.5, 0.6) is 0 Å². The van der Waals surface area contributed by atoms with Crippen LogP contribution in [0, 0.1) is 18.8 Å². The second kappa shape index (κ2) is 8.20. The molecule has 0 unspecified atom stereocenters. The first kappa shape index (κ1) is 16.1. The van der Waals surface area contributed by atoms with Crippen molar-refractivity contribution in [3.05, 3.63) is 11.9 Å². The molecule has 0 saturated heterocycles. The molecule has 0 aromatic carbocycles. The maximum Gasteiger partial charge on any atom is 0.131 e. The van der Waals surface area contributed by atoms with Gasteiger partial charge in [0.1, 0.15) is 17.5 Å². The van der Waals surface area contributed by atoms with Gasteiger partial charge in [-0.05, 0) is 38.0 Å². The predicted octanol–water partition coefficient (Wildman–Crippen LogP) is 4.24. The lowest BCUT2D eigenvalue weighted by atomic mass is 9.81. The molecule has 0 aliphatic heterocycles. The second-order valence-corrected chi connectivity index (χ2v) is 6.29. The van der Waals surface area contributed by atoms with E-state index in [0.29, 0.717) is 0 Å². The Balaban J connectivity index is 1.84. The third kappa shape index (κ3) is 5.18. The molecule has 4 nitrogen and oxygen atoms in total. The van der Waals surface area contributed by atoms with E-state index in [1.54, 1.807) is 0 Å². The zero-order valence-corrected chi connectivity index (χ0v) is 13.8. The van der Waals surface area contributed by atoms with E-state index >= 15 is 0 Å². The molecule has 1 saturated carbocycles. The van der Waals surface area contributed by atoms with Gasteiger partial charge in [0.2, 0.25) is 0 Å². The van der Waals surface area contributed by atoms with Gasteiger partial charge in [-0.15, -0.1) is 0 Å². The molecule has 0 radical (unpaired) electrons. The van der Waals surface area contributed by atoms with Crippen LogP contribution >= 0.6 is 0 Å². The van der Waals surface area contributed by atoms with Crippen LogP contribution in [0.25, 0.3) is 0 Å². The highest BCUT2D eigenvalue weighted by Crippen LogP contribution is 2.30. The van der Waals surface area contributed by atoms with E-state index in [4.69, 9.17) is 0 Å².